The van der Waals surface area contributed by atoms with Crippen molar-refractivity contribution in [1.82, 2.24) is 4.90 Å². The Kier molecular flexibility index (Phi) is 4.55. The molecule has 3 nitrogen and oxygen atoms in total. The van der Waals surface area contributed by atoms with E-state index in [1.807, 2.05) is 0 Å². The highest BCUT2D eigenvalue weighted by Crippen LogP contribution is 2.21. The largest absolute Gasteiger partial charge is 0.444 e. The van der Waals surface area contributed by atoms with Gasteiger partial charge in [-0.3, -0.25) is 4.79 Å². The van der Waals surface area contributed by atoms with Crippen LogP contribution < -0.4 is 0 Å². The van der Waals surface area contributed by atoms with Crippen LogP contribution in [-0.4, -0.2) is 17.9 Å². The lowest BCUT2D eigenvalue weighted by atomic mass is 10.2. The first-order valence-electron chi connectivity index (χ1n) is 5.41. The molecule has 0 aliphatic heterocycles. The van der Waals surface area contributed by atoms with Gasteiger partial charge in [0.2, 0.25) is 0 Å². The van der Waals surface area contributed by atoms with Gasteiger partial charge in [-0.2, -0.15) is 0 Å². The fraction of sp³-hybridized carbons (Fsp3) is 0.154. The number of carbonyl (C=O) groups is 1. The first-order valence-corrected chi connectivity index (χ1v) is 6.96. The van der Waals surface area contributed by atoms with E-state index in [1.54, 1.807) is 37.4 Å². The minimum Gasteiger partial charge on any atom is -0.444 e. The van der Waals surface area contributed by atoms with Gasteiger partial charge in [-0.25, -0.2) is 0 Å². The zero-order valence-electron chi connectivity index (χ0n) is 9.99. The minimum atomic E-state index is -0.207. The number of halogens is 3. The van der Waals surface area contributed by atoms with Gasteiger partial charge < -0.3 is 9.32 Å². The predicted octanol–water partition coefficient (Wildman–Crippen LogP) is 4.62. The summed E-state index contributed by atoms with van der Waals surface area (Å²) in [5.74, 6) is 0.0734. The van der Waals surface area contributed by atoms with Gasteiger partial charge in [-0.15, -0.1) is 0 Å². The molecule has 0 aliphatic rings. The van der Waals surface area contributed by atoms with Crippen molar-refractivity contribution < 1.29 is 9.21 Å². The van der Waals surface area contributed by atoms with E-state index in [0.717, 1.165) is 5.56 Å². The molecule has 6 heteroatoms. The number of carbonyl (C=O) groups excluding carboxylic acids is 1. The minimum absolute atomic E-state index is 0.207. The van der Waals surface area contributed by atoms with E-state index in [9.17, 15) is 4.79 Å². The molecule has 1 aromatic carbocycles. The molecule has 2 aromatic rings. The van der Waals surface area contributed by atoms with Crippen molar-refractivity contribution in [2.75, 3.05) is 7.05 Å². The molecule has 100 valence electrons. The standard InChI is InChI=1S/C13H10BrCl2NO2/c1-17(13(18)11-2-3-12(14)19-11)7-8-4-9(15)6-10(16)5-8/h2-6H,7H2,1H3. The maximum Gasteiger partial charge on any atom is 0.289 e. The zero-order valence-corrected chi connectivity index (χ0v) is 13.1. The van der Waals surface area contributed by atoms with E-state index < -0.39 is 0 Å². The van der Waals surface area contributed by atoms with Crippen molar-refractivity contribution in [3.05, 3.63) is 56.4 Å². The van der Waals surface area contributed by atoms with Gasteiger partial charge in [0.1, 0.15) is 0 Å². The van der Waals surface area contributed by atoms with Crippen molar-refractivity contribution in [1.29, 1.82) is 0 Å². The summed E-state index contributed by atoms with van der Waals surface area (Å²) in [6.45, 7) is 0.400. The van der Waals surface area contributed by atoms with Crippen LogP contribution in [0, 0.1) is 0 Å². The molecule has 1 aromatic heterocycles. The molecule has 0 radical (unpaired) electrons. The van der Waals surface area contributed by atoms with Gasteiger partial charge in [-0.1, -0.05) is 23.2 Å². The Labute approximate surface area is 129 Å². The average Bonchev–Trinajstić information content (AvgIpc) is 2.73. The molecule has 2 rings (SSSR count). The summed E-state index contributed by atoms with van der Waals surface area (Å²) in [5, 5.41) is 1.09. The maximum atomic E-state index is 12.1. The SMILES string of the molecule is CN(Cc1cc(Cl)cc(Cl)c1)C(=O)c1ccc(Br)o1. The molecular weight excluding hydrogens is 353 g/mol. The van der Waals surface area contributed by atoms with Crippen molar-refractivity contribution >= 4 is 45.0 Å². The molecule has 1 amide bonds. The number of amides is 1. The van der Waals surface area contributed by atoms with Crippen LogP contribution in [0.2, 0.25) is 10.0 Å². The average molecular weight is 363 g/mol. The van der Waals surface area contributed by atoms with Crippen LogP contribution in [0.15, 0.2) is 39.4 Å². The van der Waals surface area contributed by atoms with Gasteiger partial charge in [0, 0.05) is 23.6 Å². The number of hydrogen-bond donors (Lipinski definition) is 0. The highest BCUT2D eigenvalue weighted by atomic mass is 79.9. The summed E-state index contributed by atoms with van der Waals surface area (Å²) in [6.07, 6.45) is 0. The summed E-state index contributed by atoms with van der Waals surface area (Å²) in [7, 11) is 1.69. The van der Waals surface area contributed by atoms with E-state index in [2.05, 4.69) is 15.9 Å². The topological polar surface area (TPSA) is 33.5 Å². The van der Waals surface area contributed by atoms with E-state index in [0.29, 0.717) is 21.3 Å². The van der Waals surface area contributed by atoms with E-state index in [4.69, 9.17) is 27.6 Å². The Morgan fingerprint density at radius 3 is 2.42 bits per heavy atom. The number of hydrogen-bond acceptors (Lipinski definition) is 2. The first-order chi connectivity index (χ1) is 8.95. The Morgan fingerprint density at radius 1 is 1.26 bits per heavy atom. The van der Waals surface area contributed by atoms with Gasteiger partial charge in [0.05, 0.1) is 0 Å². The van der Waals surface area contributed by atoms with Gasteiger partial charge in [0.25, 0.3) is 5.91 Å². The second kappa shape index (κ2) is 5.99. The summed E-state index contributed by atoms with van der Waals surface area (Å²) < 4.78 is 5.75. The van der Waals surface area contributed by atoms with Gasteiger partial charge >= 0.3 is 0 Å². The summed E-state index contributed by atoms with van der Waals surface area (Å²) in [5.41, 5.74) is 0.860. The molecule has 0 atom stereocenters. The summed E-state index contributed by atoms with van der Waals surface area (Å²) >= 11 is 15.0. The lowest BCUT2D eigenvalue weighted by Gasteiger charge is -2.16. The summed E-state index contributed by atoms with van der Waals surface area (Å²) in [4.78, 5) is 13.6. The van der Waals surface area contributed by atoms with E-state index in [-0.39, 0.29) is 11.7 Å². The van der Waals surface area contributed by atoms with Crippen molar-refractivity contribution in [2.24, 2.45) is 0 Å². The molecular formula is C13H10BrCl2NO2. The number of rotatable bonds is 3. The fourth-order valence-electron chi connectivity index (χ4n) is 1.67. The zero-order chi connectivity index (χ0) is 14.0. The molecule has 0 spiro atoms. The van der Waals surface area contributed by atoms with Crippen LogP contribution in [0.3, 0.4) is 0 Å². The molecule has 0 N–H and O–H groups in total. The van der Waals surface area contributed by atoms with Crippen LogP contribution in [0.4, 0.5) is 0 Å². The fourth-order valence-corrected chi connectivity index (χ4v) is 2.54. The second-order valence-electron chi connectivity index (χ2n) is 4.04. The molecule has 0 fully saturated rings. The number of furan rings is 1. The van der Waals surface area contributed by atoms with E-state index in [1.165, 1.54) is 4.90 Å². The van der Waals surface area contributed by atoms with Gasteiger partial charge in [-0.05, 0) is 51.8 Å². The van der Waals surface area contributed by atoms with Crippen LogP contribution in [0.1, 0.15) is 16.1 Å². The molecule has 0 unspecified atom stereocenters. The van der Waals surface area contributed by atoms with Crippen molar-refractivity contribution in [3.8, 4) is 0 Å². The molecule has 0 saturated carbocycles. The van der Waals surface area contributed by atoms with Gasteiger partial charge in [0.15, 0.2) is 10.4 Å². The molecule has 0 saturated heterocycles. The Morgan fingerprint density at radius 2 is 1.89 bits per heavy atom. The van der Waals surface area contributed by atoms with Crippen LogP contribution >= 0.6 is 39.1 Å². The van der Waals surface area contributed by atoms with Crippen LogP contribution in [0.25, 0.3) is 0 Å². The molecule has 19 heavy (non-hydrogen) atoms. The third-order valence-corrected chi connectivity index (χ3v) is 3.34. The number of benzene rings is 1. The Hall–Kier alpha value is -0.970. The third-order valence-electron chi connectivity index (χ3n) is 2.47. The first kappa shape index (κ1) is 14.4. The van der Waals surface area contributed by atoms with Crippen molar-refractivity contribution in [2.45, 2.75) is 6.54 Å². The highest BCUT2D eigenvalue weighted by molar-refractivity contribution is 9.10. The maximum absolute atomic E-state index is 12.1. The lowest BCUT2D eigenvalue weighted by Crippen LogP contribution is -2.25. The smallest absolute Gasteiger partial charge is 0.289 e. The molecule has 0 bridgehead atoms. The number of nitrogens with zero attached hydrogens (tertiary/aromatic N) is 1. The van der Waals surface area contributed by atoms with Crippen molar-refractivity contribution in [3.63, 3.8) is 0 Å². The second-order valence-corrected chi connectivity index (χ2v) is 5.70. The summed E-state index contributed by atoms with van der Waals surface area (Å²) in [6, 6.07) is 8.49. The lowest BCUT2D eigenvalue weighted by molar-refractivity contribution is 0.0752. The van der Waals surface area contributed by atoms with Crippen LogP contribution in [0.5, 0.6) is 0 Å². The van der Waals surface area contributed by atoms with E-state index >= 15 is 0 Å². The molecule has 0 aliphatic carbocycles. The quantitative estimate of drug-likeness (QED) is 0.798. The monoisotopic (exact) mass is 361 g/mol. The Balaban J connectivity index is 2.12. The Bertz CT molecular complexity index is 592. The normalized spacial score (nSPS) is 10.5. The third kappa shape index (κ3) is 3.75. The highest BCUT2D eigenvalue weighted by Gasteiger charge is 2.16. The molecule has 1 heterocycles. The predicted molar refractivity (Wildman–Crippen MR) is 78.7 cm³/mol. The van der Waals surface area contributed by atoms with Crippen LogP contribution in [-0.2, 0) is 6.54 Å².